The summed E-state index contributed by atoms with van der Waals surface area (Å²) >= 11 is 0. The van der Waals surface area contributed by atoms with E-state index in [2.05, 4.69) is 38.0 Å². The molecule has 0 radical (unpaired) electrons. The molecule has 0 spiro atoms. The summed E-state index contributed by atoms with van der Waals surface area (Å²) in [6, 6.07) is 0.557. The maximum Gasteiger partial charge on any atom is 0.0766 e. The van der Waals surface area contributed by atoms with Gasteiger partial charge in [0.15, 0.2) is 0 Å². The van der Waals surface area contributed by atoms with E-state index >= 15 is 0 Å². The van der Waals surface area contributed by atoms with Gasteiger partial charge in [-0.25, -0.2) is 0 Å². The lowest BCUT2D eigenvalue weighted by atomic mass is 9.90. The van der Waals surface area contributed by atoms with Crippen LogP contribution in [0.1, 0.15) is 34.1 Å². The summed E-state index contributed by atoms with van der Waals surface area (Å²) in [4.78, 5) is 2.38. The van der Waals surface area contributed by atoms with Crippen molar-refractivity contribution < 1.29 is 5.11 Å². The van der Waals surface area contributed by atoms with Crippen LogP contribution in [0, 0.1) is 11.8 Å². The summed E-state index contributed by atoms with van der Waals surface area (Å²) in [5.41, 5.74) is -0.594. The first-order chi connectivity index (χ1) is 7.33. The van der Waals surface area contributed by atoms with Crippen LogP contribution in [-0.2, 0) is 0 Å². The van der Waals surface area contributed by atoms with Gasteiger partial charge >= 0.3 is 0 Å². The minimum atomic E-state index is -0.594. The number of nitrogens with one attached hydrogen (secondary N) is 1. The Morgan fingerprint density at radius 3 is 2.62 bits per heavy atom. The highest BCUT2D eigenvalue weighted by Gasteiger charge is 2.29. The van der Waals surface area contributed by atoms with Crippen molar-refractivity contribution in [2.75, 3.05) is 26.7 Å². The van der Waals surface area contributed by atoms with Gasteiger partial charge in [-0.2, -0.15) is 0 Å². The van der Waals surface area contributed by atoms with E-state index in [4.69, 9.17) is 0 Å². The predicted octanol–water partition coefficient (Wildman–Crippen LogP) is 1.32. The molecule has 0 aromatic rings. The molecular formula is C13H28N2O. The molecule has 0 bridgehead atoms. The van der Waals surface area contributed by atoms with Crippen molar-refractivity contribution in [1.82, 2.24) is 10.2 Å². The topological polar surface area (TPSA) is 35.5 Å². The fourth-order valence-corrected chi connectivity index (χ4v) is 2.20. The second kappa shape index (κ2) is 5.48. The van der Waals surface area contributed by atoms with E-state index in [0.29, 0.717) is 24.4 Å². The smallest absolute Gasteiger partial charge is 0.0766 e. The van der Waals surface area contributed by atoms with E-state index in [1.54, 1.807) is 0 Å². The quantitative estimate of drug-likeness (QED) is 0.762. The average Bonchev–Trinajstić information content (AvgIpc) is 2.16. The van der Waals surface area contributed by atoms with E-state index in [1.165, 1.54) is 6.42 Å². The molecule has 3 heteroatoms. The lowest BCUT2D eigenvalue weighted by Gasteiger charge is -2.38. The van der Waals surface area contributed by atoms with Gasteiger partial charge < -0.3 is 15.3 Å². The molecule has 1 fully saturated rings. The molecule has 16 heavy (non-hydrogen) atoms. The number of aliphatic hydroxyl groups is 1. The zero-order valence-corrected chi connectivity index (χ0v) is 11.5. The van der Waals surface area contributed by atoms with Crippen molar-refractivity contribution in [3.05, 3.63) is 0 Å². The molecule has 1 heterocycles. The zero-order chi connectivity index (χ0) is 12.3. The standard InChI is InChI=1S/C13H28N2O/c1-10(2)13(4,16)9-14-12-6-7-15(5)8-11(12)3/h10-12,14,16H,6-9H2,1-5H3. The molecule has 0 aliphatic carbocycles. The fraction of sp³-hybridized carbons (Fsp3) is 1.00. The Kier molecular flexibility index (Phi) is 4.77. The molecule has 0 saturated carbocycles. The van der Waals surface area contributed by atoms with E-state index in [-0.39, 0.29) is 0 Å². The van der Waals surface area contributed by atoms with Crippen LogP contribution in [0.5, 0.6) is 0 Å². The number of nitrogens with zero attached hydrogens (tertiary/aromatic N) is 1. The van der Waals surface area contributed by atoms with Crippen LogP contribution >= 0.6 is 0 Å². The Morgan fingerprint density at radius 2 is 2.12 bits per heavy atom. The predicted molar refractivity (Wildman–Crippen MR) is 68.5 cm³/mol. The highest BCUT2D eigenvalue weighted by molar-refractivity contribution is 4.86. The van der Waals surface area contributed by atoms with Gasteiger partial charge in [0.1, 0.15) is 0 Å². The van der Waals surface area contributed by atoms with Crippen LogP contribution in [0.3, 0.4) is 0 Å². The molecule has 96 valence electrons. The molecule has 0 amide bonds. The third-order valence-electron chi connectivity index (χ3n) is 4.07. The first-order valence-electron chi connectivity index (χ1n) is 6.47. The monoisotopic (exact) mass is 228 g/mol. The molecule has 3 unspecified atom stereocenters. The largest absolute Gasteiger partial charge is 0.389 e. The van der Waals surface area contributed by atoms with Crippen molar-refractivity contribution in [3.8, 4) is 0 Å². The van der Waals surface area contributed by atoms with Gasteiger partial charge in [-0.3, -0.25) is 0 Å². The summed E-state index contributed by atoms with van der Waals surface area (Å²) in [5, 5.41) is 13.7. The van der Waals surface area contributed by atoms with Crippen LogP contribution in [-0.4, -0.2) is 48.3 Å². The van der Waals surface area contributed by atoms with Crippen molar-refractivity contribution in [2.45, 2.75) is 45.8 Å². The van der Waals surface area contributed by atoms with Gasteiger partial charge in [0.25, 0.3) is 0 Å². The van der Waals surface area contributed by atoms with Crippen molar-refractivity contribution in [3.63, 3.8) is 0 Å². The fourth-order valence-electron chi connectivity index (χ4n) is 2.20. The summed E-state index contributed by atoms with van der Waals surface area (Å²) < 4.78 is 0. The van der Waals surface area contributed by atoms with Gasteiger partial charge in [-0.05, 0) is 38.8 Å². The zero-order valence-electron chi connectivity index (χ0n) is 11.5. The summed E-state index contributed by atoms with van der Waals surface area (Å²) in [7, 11) is 2.18. The van der Waals surface area contributed by atoms with Gasteiger partial charge in [0.2, 0.25) is 0 Å². The second-order valence-electron chi connectivity index (χ2n) is 6.03. The van der Waals surface area contributed by atoms with E-state index in [0.717, 1.165) is 13.1 Å². The molecule has 1 saturated heterocycles. The molecule has 1 aliphatic rings. The van der Waals surface area contributed by atoms with Crippen molar-refractivity contribution in [1.29, 1.82) is 0 Å². The van der Waals surface area contributed by atoms with Crippen LogP contribution in [0.15, 0.2) is 0 Å². The molecule has 0 aromatic heterocycles. The van der Waals surface area contributed by atoms with Gasteiger partial charge in [0.05, 0.1) is 5.60 Å². The lowest BCUT2D eigenvalue weighted by Crippen LogP contribution is -2.52. The summed E-state index contributed by atoms with van der Waals surface area (Å²) in [6.07, 6.45) is 1.19. The molecule has 1 rings (SSSR count). The van der Waals surface area contributed by atoms with Crippen LogP contribution in [0.4, 0.5) is 0 Å². The highest BCUT2D eigenvalue weighted by atomic mass is 16.3. The number of hydrogen-bond donors (Lipinski definition) is 2. The van der Waals surface area contributed by atoms with E-state index in [1.807, 2.05) is 6.92 Å². The molecule has 2 N–H and O–H groups in total. The number of likely N-dealkylation sites (tertiary alicyclic amines) is 1. The van der Waals surface area contributed by atoms with Gasteiger partial charge in [-0.15, -0.1) is 0 Å². The Morgan fingerprint density at radius 1 is 1.50 bits per heavy atom. The third kappa shape index (κ3) is 3.72. The van der Waals surface area contributed by atoms with Crippen LogP contribution in [0.2, 0.25) is 0 Å². The Labute approximate surface area is 100 Å². The minimum absolute atomic E-state index is 0.293. The van der Waals surface area contributed by atoms with Crippen LogP contribution in [0.25, 0.3) is 0 Å². The maximum absolute atomic E-state index is 10.2. The maximum atomic E-state index is 10.2. The average molecular weight is 228 g/mol. The molecule has 0 aromatic carbocycles. The Bertz CT molecular complexity index is 216. The van der Waals surface area contributed by atoms with Crippen molar-refractivity contribution >= 4 is 0 Å². The molecule has 3 nitrogen and oxygen atoms in total. The SMILES string of the molecule is CC1CN(C)CCC1NCC(C)(O)C(C)C. The number of rotatable bonds is 4. The third-order valence-corrected chi connectivity index (χ3v) is 4.07. The highest BCUT2D eigenvalue weighted by Crippen LogP contribution is 2.19. The Balaban J connectivity index is 2.38. The summed E-state index contributed by atoms with van der Waals surface area (Å²) in [5.74, 6) is 0.961. The number of piperidine rings is 1. The van der Waals surface area contributed by atoms with Crippen molar-refractivity contribution in [2.24, 2.45) is 11.8 Å². The normalized spacial score (nSPS) is 31.7. The lowest BCUT2D eigenvalue weighted by molar-refractivity contribution is 0.00744. The molecule has 1 aliphatic heterocycles. The second-order valence-corrected chi connectivity index (χ2v) is 6.03. The minimum Gasteiger partial charge on any atom is -0.389 e. The summed E-state index contributed by atoms with van der Waals surface area (Å²) in [6.45, 7) is 11.4. The Hall–Kier alpha value is -0.120. The van der Waals surface area contributed by atoms with E-state index < -0.39 is 5.60 Å². The van der Waals surface area contributed by atoms with Gasteiger partial charge in [-0.1, -0.05) is 20.8 Å². The van der Waals surface area contributed by atoms with E-state index in [9.17, 15) is 5.11 Å². The molecule has 3 atom stereocenters. The first-order valence-corrected chi connectivity index (χ1v) is 6.47. The van der Waals surface area contributed by atoms with Crippen LogP contribution < -0.4 is 5.32 Å². The molecular weight excluding hydrogens is 200 g/mol. The first kappa shape index (κ1) is 13.9. The van der Waals surface area contributed by atoms with Gasteiger partial charge in [0, 0.05) is 19.1 Å². The number of hydrogen-bond acceptors (Lipinski definition) is 3.